The highest BCUT2D eigenvalue weighted by Gasteiger charge is 2.33. The Morgan fingerprint density at radius 2 is 2.04 bits per heavy atom. The number of carbonyl (C=O) groups is 2. The minimum atomic E-state index is -0.0726. The Morgan fingerprint density at radius 1 is 1.25 bits per heavy atom. The lowest BCUT2D eigenvalue weighted by atomic mass is 10.2. The number of likely N-dealkylation sites (tertiary alicyclic amines) is 1. The molecule has 3 heterocycles. The molecule has 1 aromatic heterocycles. The predicted molar refractivity (Wildman–Crippen MR) is 105 cm³/mol. The van der Waals surface area contributed by atoms with Crippen molar-refractivity contribution in [1.29, 1.82) is 0 Å². The Morgan fingerprint density at radius 3 is 2.82 bits per heavy atom. The monoisotopic (exact) mass is 385 g/mol. The maximum Gasteiger partial charge on any atom is 0.275 e. The summed E-state index contributed by atoms with van der Waals surface area (Å²) in [6.07, 6.45) is 0.802. The molecular formula is C20H27N5O3. The maximum absolute atomic E-state index is 13.0. The molecule has 1 unspecified atom stereocenters. The Kier molecular flexibility index (Phi) is 5.59. The number of nitrogens with one attached hydrogen (secondary N) is 1. The van der Waals surface area contributed by atoms with Crippen LogP contribution >= 0.6 is 0 Å². The van der Waals surface area contributed by atoms with Gasteiger partial charge in [0.15, 0.2) is 5.69 Å². The van der Waals surface area contributed by atoms with E-state index >= 15 is 0 Å². The number of benzene rings is 1. The minimum Gasteiger partial charge on any atom is -0.379 e. The molecule has 2 aliphatic heterocycles. The molecule has 1 aromatic carbocycles. The van der Waals surface area contributed by atoms with Gasteiger partial charge in [-0.05, 0) is 12.5 Å². The van der Waals surface area contributed by atoms with Crippen molar-refractivity contribution in [3.63, 3.8) is 0 Å². The number of aromatic nitrogens is 2. The van der Waals surface area contributed by atoms with Gasteiger partial charge in [-0.2, -0.15) is 5.10 Å². The fourth-order valence-corrected chi connectivity index (χ4v) is 4.13. The largest absolute Gasteiger partial charge is 0.379 e. The summed E-state index contributed by atoms with van der Waals surface area (Å²) in [5.41, 5.74) is 1.32. The highest BCUT2D eigenvalue weighted by molar-refractivity contribution is 6.04. The van der Waals surface area contributed by atoms with E-state index in [1.807, 2.05) is 34.1 Å². The first-order valence-corrected chi connectivity index (χ1v) is 9.93. The van der Waals surface area contributed by atoms with Crippen molar-refractivity contribution >= 4 is 22.7 Å². The molecule has 0 bridgehead atoms. The Labute approximate surface area is 164 Å². The third kappa shape index (κ3) is 3.88. The molecule has 1 N–H and O–H groups in total. The third-order valence-corrected chi connectivity index (χ3v) is 5.73. The van der Waals surface area contributed by atoms with Crippen LogP contribution in [-0.2, 0) is 9.53 Å². The van der Waals surface area contributed by atoms with E-state index in [0.717, 1.165) is 50.2 Å². The number of morpholine rings is 1. The lowest BCUT2D eigenvalue weighted by Gasteiger charge is -2.32. The standard InChI is InChI=1S/C20H27N5O3/c1-15(26)25(9-8-23-10-12-28-13-11-23)16-6-7-24(14-16)20(27)19-17-4-2-3-5-18(17)21-22-19/h2-5,16H,6-14H2,1H3,(H,21,22). The summed E-state index contributed by atoms with van der Waals surface area (Å²) in [5.74, 6) is -0.00518. The molecule has 2 saturated heterocycles. The summed E-state index contributed by atoms with van der Waals surface area (Å²) in [6.45, 7) is 7.68. The molecule has 2 aliphatic rings. The molecule has 0 saturated carbocycles. The second-order valence-electron chi connectivity index (χ2n) is 7.48. The quantitative estimate of drug-likeness (QED) is 0.829. The van der Waals surface area contributed by atoms with Crippen molar-refractivity contribution in [2.45, 2.75) is 19.4 Å². The van der Waals surface area contributed by atoms with Gasteiger partial charge in [-0.3, -0.25) is 19.6 Å². The molecule has 2 fully saturated rings. The molecule has 1 atom stereocenters. The first-order chi connectivity index (χ1) is 13.6. The van der Waals surface area contributed by atoms with E-state index in [9.17, 15) is 9.59 Å². The topological polar surface area (TPSA) is 81.8 Å². The smallest absolute Gasteiger partial charge is 0.275 e. The summed E-state index contributed by atoms with van der Waals surface area (Å²) >= 11 is 0. The Balaban J connectivity index is 1.39. The van der Waals surface area contributed by atoms with Gasteiger partial charge < -0.3 is 14.5 Å². The second-order valence-corrected chi connectivity index (χ2v) is 7.48. The summed E-state index contributed by atoms with van der Waals surface area (Å²) in [4.78, 5) is 31.3. The van der Waals surface area contributed by atoms with Crippen LogP contribution in [0.15, 0.2) is 24.3 Å². The zero-order chi connectivity index (χ0) is 19.5. The number of rotatable bonds is 5. The number of para-hydroxylation sites is 1. The van der Waals surface area contributed by atoms with Gasteiger partial charge in [-0.1, -0.05) is 18.2 Å². The van der Waals surface area contributed by atoms with E-state index in [1.165, 1.54) is 0 Å². The zero-order valence-corrected chi connectivity index (χ0v) is 16.3. The van der Waals surface area contributed by atoms with Gasteiger partial charge in [0.2, 0.25) is 5.91 Å². The Bertz CT molecular complexity index is 845. The van der Waals surface area contributed by atoms with Gasteiger partial charge in [0.05, 0.1) is 24.8 Å². The van der Waals surface area contributed by atoms with E-state index < -0.39 is 0 Å². The second kappa shape index (κ2) is 8.28. The molecule has 8 nitrogen and oxygen atoms in total. The van der Waals surface area contributed by atoms with Crippen LogP contribution in [0.25, 0.3) is 10.9 Å². The van der Waals surface area contributed by atoms with Crippen LogP contribution in [0.3, 0.4) is 0 Å². The number of hydrogen-bond acceptors (Lipinski definition) is 5. The molecule has 0 aliphatic carbocycles. The van der Waals surface area contributed by atoms with Gasteiger partial charge in [0.25, 0.3) is 5.91 Å². The first-order valence-electron chi connectivity index (χ1n) is 9.93. The van der Waals surface area contributed by atoms with Crippen molar-refractivity contribution in [3.8, 4) is 0 Å². The Hall–Kier alpha value is -2.45. The SMILES string of the molecule is CC(=O)N(CCN1CCOCC1)C1CCN(C(=O)c2n[nH]c3ccccc23)C1. The van der Waals surface area contributed by atoms with Gasteiger partial charge in [-0.25, -0.2) is 0 Å². The van der Waals surface area contributed by atoms with E-state index in [4.69, 9.17) is 4.74 Å². The van der Waals surface area contributed by atoms with E-state index in [0.29, 0.717) is 25.3 Å². The maximum atomic E-state index is 13.0. The van der Waals surface area contributed by atoms with Crippen molar-refractivity contribution in [2.24, 2.45) is 0 Å². The molecule has 0 spiro atoms. The van der Waals surface area contributed by atoms with Gasteiger partial charge >= 0.3 is 0 Å². The number of nitrogens with zero attached hydrogens (tertiary/aromatic N) is 4. The highest BCUT2D eigenvalue weighted by Crippen LogP contribution is 2.22. The molecule has 0 radical (unpaired) electrons. The van der Waals surface area contributed by atoms with Crippen LogP contribution in [0.5, 0.6) is 0 Å². The van der Waals surface area contributed by atoms with Crippen molar-refractivity contribution in [3.05, 3.63) is 30.0 Å². The predicted octanol–water partition coefficient (Wildman–Crippen LogP) is 0.958. The van der Waals surface area contributed by atoms with Crippen LogP contribution in [0, 0.1) is 0 Å². The minimum absolute atomic E-state index is 0.0627. The van der Waals surface area contributed by atoms with Gasteiger partial charge in [0, 0.05) is 51.6 Å². The lowest BCUT2D eigenvalue weighted by molar-refractivity contribution is -0.131. The number of ether oxygens (including phenoxy) is 1. The van der Waals surface area contributed by atoms with Crippen molar-refractivity contribution in [1.82, 2.24) is 24.9 Å². The number of hydrogen-bond donors (Lipinski definition) is 1. The molecule has 4 rings (SSSR count). The molecule has 2 aromatic rings. The van der Waals surface area contributed by atoms with Crippen LogP contribution < -0.4 is 0 Å². The summed E-state index contributed by atoms with van der Waals surface area (Å²) in [6, 6.07) is 7.70. The van der Waals surface area contributed by atoms with Crippen molar-refractivity contribution < 1.29 is 14.3 Å². The lowest BCUT2D eigenvalue weighted by Crippen LogP contribution is -2.47. The number of H-pyrrole nitrogens is 1. The van der Waals surface area contributed by atoms with Crippen LogP contribution in [0.2, 0.25) is 0 Å². The normalized spacial score (nSPS) is 20.6. The zero-order valence-electron chi connectivity index (χ0n) is 16.3. The van der Waals surface area contributed by atoms with Gasteiger partial charge in [0.1, 0.15) is 0 Å². The third-order valence-electron chi connectivity index (χ3n) is 5.73. The summed E-state index contributed by atoms with van der Waals surface area (Å²) in [5, 5.41) is 7.99. The van der Waals surface area contributed by atoms with Gasteiger partial charge in [-0.15, -0.1) is 0 Å². The summed E-state index contributed by atoms with van der Waals surface area (Å²) < 4.78 is 5.39. The van der Waals surface area contributed by atoms with E-state index in [-0.39, 0.29) is 17.9 Å². The number of fused-ring (bicyclic) bond motifs is 1. The average Bonchev–Trinajstić information content (AvgIpc) is 3.36. The number of carbonyl (C=O) groups excluding carboxylic acids is 2. The fourth-order valence-electron chi connectivity index (χ4n) is 4.13. The molecule has 150 valence electrons. The molecular weight excluding hydrogens is 358 g/mol. The van der Waals surface area contributed by atoms with Crippen LogP contribution in [0.1, 0.15) is 23.8 Å². The summed E-state index contributed by atoms with van der Waals surface area (Å²) in [7, 11) is 0. The van der Waals surface area contributed by atoms with Crippen molar-refractivity contribution in [2.75, 3.05) is 52.5 Å². The molecule has 8 heteroatoms. The van der Waals surface area contributed by atoms with E-state index in [2.05, 4.69) is 15.1 Å². The highest BCUT2D eigenvalue weighted by atomic mass is 16.5. The van der Waals surface area contributed by atoms with Crippen LogP contribution in [0.4, 0.5) is 0 Å². The van der Waals surface area contributed by atoms with Crippen LogP contribution in [-0.4, -0.2) is 95.2 Å². The molecule has 28 heavy (non-hydrogen) atoms. The number of amides is 2. The first kappa shape index (κ1) is 18.9. The molecule has 2 amide bonds. The average molecular weight is 385 g/mol. The number of aromatic amines is 1. The fraction of sp³-hybridized carbons (Fsp3) is 0.550. The van der Waals surface area contributed by atoms with E-state index in [1.54, 1.807) is 6.92 Å².